The van der Waals surface area contributed by atoms with Gasteiger partial charge in [-0.3, -0.25) is 0 Å². The minimum atomic E-state index is 0.632. The lowest BCUT2D eigenvalue weighted by molar-refractivity contribution is 0.612. The Morgan fingerprint density at radius 1 is 1.27 bits per heavy atom. The van der Waals surface area contributed by atoms with E-state index < -0.39 is 0 Å². The van der Waals surface area contributed by atoms with Gasteiger partial charge in [0, 0.05) is 13.1 Å². The third-order valence-corrected chi connectivity index (χ3v) is 3.27. The van der Waals surface area contributed by atoms with E-state index in [1.807, 2.05) is 0 Å². The lowest BCUT2D eigenvalue weighted by Gasteiger charge is -2.04. The van der Waals surface area contributed by atoms with Crippen LogP contribution in [0.25, 0.3) is 0 Å². The summed E-state index contributed by atoms with van der Waals surface area (Å²) in [6.45, 7) is 5.10. The van der Waals surface area contributed by atoms with Gasteiger partial charge in [-0.25, -0.2) is 0 Å². The summed E-state index contributed by atoms with van der Waals surface area (Å²) in [6, 6.07) is 8.53. The SMILES string of the molecule is CC1CC1CNCc1ccc(CN)cc1. The number of rotatable bonds is 5. The van der Waals surface area contributed by atoms with Gasteiger partial charge in [-0.1, -0.05) is 31.2 Å². The summed E-state index contributed by atoms with van der Waals surface area (Å²) in [5.41, 5.74) is 8.10. The van der Waals surface area contributed by atoms with Crippen molar-refractivity contribution in [2.45, 2.75) is 26.4 Å². The smallest absolute Gasteiger partial charge is 0.0205 e. The van der Waals surface area contributed by atoms with Crippen LogP contribution in [0, 0.1) is 11.8 Å². The Bertz CT molecular complexity index is 305. The molecule has 0 spiro atoms. The van der Waals surface area contributed by atoms with E-state index in [0.29, 0.717) is 6.54 Å². The number of nitrogens with two attached hydrogens (primary N) is 1. The summed E-state index contributed by atoms with van der Waals surface area (Å²) in [7, 11) is 0. The Labute approximate surface area is 91.9 Å². The predicted molar refractivity (Wildman–Crippen MR) is 63.3 cm³/mol. The summed E-state index contributed by atoms with van der Waals surface area (Å²) in [5, 5.41) is 3.50. The minimum Gasteiger partial charge on any atom is -0.326 e. The molecule has 2 rings (SSSR count). The van der Waals surface area contributed by atoms with E-state index in [1.54, 1.807) is 0 Å². The van der Waals surface area contributed by atoms with E-state index in [-0.39, 0.29) is 0 Å². The van der Waals surface area contributed by atoms with Crippen molar-refractivity contribution in [3.8, 4) is 0 Å². The van der Waals surface area contributed by atoms with Crippen molar-refractivity contribution in [1.82, 2.24) is 5.32 Å². The van der Waals surface area contributed by atoms with Gasteiger partial charge in [-0.15, -0.1) is 0 Å². The van der Waals surface area contributed by atoms with Crippen molar-refractivity contribution in [3.63, 3.8) is 0 Å². The first-order valence-corrected chi connectivity index (χ1v) is 5.78. The van der Waals surface area contributed by atoms with E-state index in [0.717, 1.165) is 18.4 Å². The van der Waals surface area contributed by atoms with Crippen molar-refractivity contribution in [2.24, 2.45) is 17.6 Å². The molecule has 15 heavy (non-hydrogen) atoms. The van der Waals surface area contributed by atoms with Crippen LogP contribution in [0.2, 0.25) is 0 Å². The van der Waals surface area contributed by atoms with Crippen LogP contribution in [0.15, 0.2) is 24.3 Å². The lowest BCUT2D eigenvalue weighted by Crippen LogP contribution is -2.16. The molecule has 2 heteroatoms. The Balaban J connectivity index is 1.73. The van der Waals surface area contributed by atoms with Crippen LogP contribution in [0.3, 0.4) is 0 Å². The molecule has 0 saturated heterocycles. The number of hydrogen-bond acceptors (Lipinski definition) is 2. The Morgan fingerprint density at radius 2 is 1.87 bits per heavy atom. The van der Waals surface area contributed by atoms with Crippen molar-refractivity contribution >= 4 is 0 Å². The van der Waals surface area contributed by atoms with Crippen LogP contribution < -0.4 is 11.1 Å². The molecule has 0 heterocycles. The topological polar surface area (TPSA) is 38.0 Å². The fraction of sp³-hybridized carbons (Fsp3) is 0.538. The van der Waals surface area contributed by atoms with Crippen molar-refractivity contribution < 1.29 is 0 Å². The zero-order valence-corrected chi connectivity index (χ0v) is 9.37. The molecule has 0 aromatic heterocycles. The molecular formula is C13H20N2. The Kier molecular flexibility index (Phi) is 3.39. The molecule has 0 bridgehead atoms. The number of hydrogen-bond donors (Lipinski definition) is 2. The average Bonchev–Trinajstić information content (AvgIpc) is 2.96. The first kappa shape index (κ1) is 10.7. The highest BCUT2D eigenvalue weighted by Gasteiger charge is 2.31. The fourth-order valence-electron chi connectivity index (χ4n) is 1.88. The highest BCUT2D eigenvalue weighted by Crippen LogP contribution is 2.36. The van der Waals surface area contributed by atoms with E-state index in [1.165, 1.54) is 24.1 Å². The minimum absolute atomic E-state index is 0.632. The quantitative estimate of drug-likeness (QED) is 0.768. The molecule has 2 nitrogen and oxygen atoms in total. The largest absolute Gasteiger partial charge is 0.326 e. The van der Waals surface area contributed by atoms with Crippen LogP contribution in [-0.4, -0.2) is 6.54 Å². The van der Waals surface area contributed by atoms with Crippen molar-refractivity contribution in [2.75, 3.05) is 6.54 Å². The van der Waals surface area contributed by atoms with Gasteiger partial charge >= 0.3 is 0 Å². The van der Waals surface area contributed by atoms with Gasteiger partial charge in [0.05, 0.1) is 0 Å². The summed E-state index contributed by atoms with van der Waals surface area (Å²) >= 11 is 0. The molecule has 1 aliphatic rings. The van der Waals surface area contributed by atoms with Crippen molar-refractivity contribution in [3.05, 3.63) is 35.4 Å². The Hall–Kier alpha value is -0.860. The van der Waals surface area contributed by atoms with Crippen molar-refractivity contribution in [1.29, 1.82) is 0 Å². The standard InChI is InChI=1S/C13H20N2/c1-10-6-13(10)9-15-8-12-4-2-11(7-14)3-5-12/h2-5,10,13,15H,6-9,14H2,1H3. The summed E-state index contributed by atoms with van der Waals surface area (Å²) in [6.07, 6.45) is 1.40. The zero-order chi connectivity index (χ0) is 10.7. The summed E-state index contributed by atoms with van der Waals surface area (Å²) < 4.78 is 0. The van der Waals surface area contributed by atoms with Gasteiger partial charge in [-0.2, -0.15) is 0 Å². The molecule has 3 N–H and O–H groups in total. The van der Waals surface area contributed by atoms with E-state index in [4.69, 9.17) is 5.73 Å². The van der Waals surface area contributed by atoms with E-state index in [9.17, 15) is 0 Å². The van der Waals surface area contributed by atoms with Crippen LogP contribution in [0.4, 0.5) is 0 Å². The molecule has 0 amide bonds. The zero-order valence-electron chi connectivity index (χ0n) is 9.37. The summed E-state index contributed by atoms with van der Waals surface area (Å²) in [4.78, 5) is 0. The second-order valence-corrected chi connectivity index (χ2v) is 4.62. The normalized spacial score (nSPS) is 24.1. The molecule has 1 saturated carbocycles. The van der Waals surface area contributed by atoms with Crippen LogP contribution in [0.5, 0.6) is 0 Å². The molecule has 1 fully saturated rings. The Morgan fingerprint density at radius 3 is 2.40 bits per heavy atom. The average molecular weight is 204 g/mol. The molecule has 1 aromatic carbocycles. The molecule has 82 valence electrons. The lowest BCUT2D eigenvalue weighted by atomic mass is 10.1. The molecule has 1 aromatic rings. The van der Waals surface area contributed by atoms with Gasteiger partial charge in [-0.05, 0) is 35.9 Å². The second-order valence-electron chi connectivity index (χ2n) is 4.62. The third-order valence-electron chi connectivity index (χ3n) is 3.27. The molecule has 2 atom stereocenters. The van der Waals surface area contributed by atoms with Crippen LogP contribution in [-0.2, 0) is 13.1 Å². The highest BCUT2D eigenvalue weighted by atomic mass is 14.9. The fourth-order valence-corrected chi connectivity index (χ4v) is 1.88. The van der Waals surface area contributed by atoms with Gasteiger partial charge in [0.15, 0.2) is 0 Å². The molecule has 2 unspecified atom stereocenters. The maximum atomic E-state index is 5.55. The number of benzene rings is 1. The molecule has 1 aliphatic carbocycles. The maximum absolute atomic E-state index is 5.55. The summed E-state index contributed by atoms with van der Waals surface area (Å²) in [5.74, 6) is 1.87. The highest BCUT2D eigenvalue weighted by molar-refractivity contribution is 5.22. The molecule has 0 aliphatic heterocycles. The second kappa shape index (κ2) is 4.77. The predicted octanol–water partition coefficient (Wildman–Crippen LogP) is 1.89. The van der Waals surface area contributed by atoms with Crippen LogP contribution in [0.1, 0.15) is 24.5 Å². The molecule has 0 radical (unpaired) electrons. The van der Waals surface area contributed by atoms with Gasteiger partial charge in [0.25, 0.3) is 0 Å². The van der Waals surface area contributed by atoms with E-state index >= 15 is 0 Å². The van der Waals surface area contributed by atoms with E-state index in [2.05, 4.69) is 36.5 Å². The van der Waals surface area contributed by atoms with Gasteiger partial charge in [0.2, 0.25) is 0 Å². The van der Waals surface area contributed by atoms with Gasteiger partial charge < -0.3 is 11.1 Å². The monoisotopic (exact) mass is 204 g/mol. The first-order chi connectivity index (χ1) is 7.29. The number of nitrogens with one attached hydrogen (secondary N) is 1. The first-order valence-electron chi connectivity index (χ1n) is 5.78. The molecular weight excluding hydrogens is 184 g/mol. The maximum Gasteiger partial charge on any atom is 0.0205 e. The third kappa shape index (κ3) is 3.05. The van der Waals surface area contributed by atoms with Gasteiger partial charge in [0.1, 0.15) is 0 Å². The van der Waals surface area contributed by atoms with Crippen LogP contribution >= 0.6 is 0 Å².